The number of likely N-dealkylation sites (N-methyl/N-ethyl adjacent to an activating group) is 1. The van der Waals surface area contributed by atoms with Crippen molar-refractivity contribution in [2.75, 3.05) is 6.54 Å². The zero-order valence-electron chi connectivity index (χ0n) is 7.56. The minimum atomic E-state index is -0.532. The van der Waals surface area contributed by atoms with E-state index in [-0.39, 0.29) is 5.71 Å². The Hall–Kier alpha value is -1.49. The molecule has 0 aromatic carbocycles. The summed E-state index contributed by atoms with van der Waals surface area (Å²) in [5.41, 5.74) is 0.270. The van der Waals surface area contributed by atoms with E-state index < -0.39 is 11.7 Å². The van der Waals surface area contributed by atoms with E-state index in [9.17, 15) is 9.59 Å². The van der Waals surface area contributed by atoms with Gasteiger partial charge < -0.3 is 0 Å². The van der Waals surface area contributed by atoms with Gasteiger partial charge in [-0.05, 0) is 18.4 Å². The largest absolute Gasteiger partial charge is 0.316 e. The molecule has 1 aliphatic heterocycles. The Balaban J connectivity index is 2.38. The van der Waals surface area contributed by atoms with E-state index in [1.807, 2.05) is 11.4 Å². The first-order chi connectivity index (χ1) is 6.74. The van der Waals surface area contributed by atoms with Crippen molar-refractivity contribution in [3.63, 3.8) is 0 Å². The number of Topliss-reactive ketones (excluding diaryl/α,β-unsaturated/α-hetero) is 1. The topological polar surface area (TPSA) is 49.7 Å². The fourth-order valence-electron chi connectivity index (χ4n) is 1.22. The number of carbonyl (C=O) groups excluding carboxylic acids is 2. The first kappa shape index (κ1) is 9.08. The second kappa shape index (κ2) is 3.34. The van der Waals surface area contributed by atoms with Gasteiger partial charge in [-0.1, -0.05) is 6.07 Å². The van der Waals surface area contributed by atoms with Gasteiger partial charge in [0.05, 0.1) is 4.88 Å². The van der Waals surface area contributed by atoms with Crippen molar-refractivity contribution in [3.8, 4) is 0 Å². The summed E-state index contributed by atoms with van der Waals surface area (Å²) >= 11 is 1.41. The first-order valence-electron chi connectivity index (χ1n) is 4.22. The van der Waals surface area contributed by atoms with Crippen LogP contribution < -0.4 is 0 Å². The molecule has 4 nitrogen and oxygen atoms in total. The molecule has 0 saturated carbocycles. The molecule has 0 spiro atoms. The van der Waals surface area contributed by atoms with Crippen molar-refractivity contribution in [1.82, 2.24) is 5.01 Å². The maximum atomic E-state index is 11.5. The van der Waals surface area contributed by atoms with Gasteiger partial charge in [-0.15, -0.1) is 11.3 Å². The minimum absolute atomic E-state index is 0.270. The van der Waals surface area contributed by atoms with Crippen LogP contribution in [0.3, 0.4) is 0 Å². The molecule has 0 atom stereocenters. The summed E-state index contributed by atoms with van der Waals surface area (Å²) in [4.78, 5) is 23.5. The molecule has 2 rings (SSSR count). The molecule has 72 valence electrons. The van der Waals surface area contributed by atoms with E-state index in [0.29, 0.717) is 6.54 Å². The zero-order chi connectivity index (χ0) is 10.1. The summed E-state index contributed by atoms with van der Waals surface area (Å²) in [5, 5.41) is 7.02. The fraction of sp³-hybridized carbons (Fsp3) is 0.222. The third-order valence-electron chi connectivity index (χ3n) is 1.92. The molecule has 2 heterocycles. The molecule has 5 heteroatoms. The molecular formula is C9H8N2O2S. The molecule has 0 saturated heterocycles. The summed E-state index contributed by atoms with van der Waals surface area (Å²) in [5.74, 6) is -1.04. The van der Waals surface area contributed by atoms with Crippen molar-refractivity contribution in [1.29, 1.82) is 0 Å². The summed E-state index contributed by atoms with van der Waals surface area (Å²) in [6.07, 6.45) is 0. The monoisotopic (exact) mass is 208 g/mol. The molecule has 1 aliphatic rings. The minimum Gasteiger partial charge on any atom is -0.281 e. The van der Waals surface area contributed by atoms with Crippen LogP contribution in [0.2, 0.25) is 0 Å². The highest BCUT2D eigenvalue weighted by Gasteiger charge is 2.34. The average molecular weight is 208 g/mol. The van der Waals surface area contributed by atoms with Crippen LogP contribution in [0.5, 0.6) is 0 Å². The van der Waals surface area contributed by atoms with Gasteiger partial charge in [0.25, 0.3) is 5.78 Å². The maximum Gasteiger partial charge on any atom is 0.316 e. The van der Waals surface area contributed by atoms with E-state index in [2.05, 4.69) is 5.10 Å². The molecule has 0 aliphatic carbocycles. The molecule has 0 radical (unpaired) electrons. The van der Waals surface area contributed by atoms with E-state index in [0.717, 1.165) is 4.88 Å². The van der Waals surface area contributed by atoms with Gasteiger partial charge in [0.15, 0.2) is 5.71 Å². The predicted octanol–water partition coefficient (Wildman–Crippen LogP) is 0.883. The van der Waals surface area contributed by atoms with Crippen molar-refractivity contribution in [3.05, 3.63) is 22.4 Å². The maximum absolute atomic E-state index is 11.5. The van der Waals surface area contributed by atoms with Crippen LogP contribution in [-0.2, 0) is 9.59 Å². The Morgan fingerprint density at radius 2 is 2.29 bits per heavy atom. The standard InChI is InChI=1S/C9H8N2O2S/c1-2-11-9(13)8(12)7(10-11)6-4-3-5-14-6/h3-5H,2H2,1H3. The number of rotatable bonds is 2. The lowest BCUT2D eigenvalue weighted by molar-refractivity contribution is -0.139. The Bertz CT molecular complexity index is 408. The Kier molecular flexibility index (Phi) is 2.17. The highest BCUT2D eigenvalue weighted by Crippen LogP contribution is 2.16. The Morgan fingerprint density at radius 1 is 1.50 bits per heavy atom. The number of amides is 1. The second-order valence-corrected chi connectivity index (χ2v) is 3.72. The molecule has 1 aromatic rings. The van der Waals surface area contributed by atoms with Crippen LogP contribution >= 0.6 is 11.3 Å². The Morgan fingerprint density at radius 3 is 2.79 bits per heavy atom. The van der Waals surface area contributed by atoms with Crippen LogP contribution in [0.1, 0.15) is 11.8 Å². The number of hydrogen-bond donors (Lipinski definition) is 0. The Labute approximate surface area is 84.8 Å². The summed E-state index contributed by atoms with van der Waals surface area (Å²) in [7, 11) is 0. The molecule has 0 bridgehead atoms. The van der Waals surface area contributed by atoms with Gasteiger partial charge in [0.1, 0.15) is 0 Å². The third-order valence-corrected chi connectivity index (χ3v) is 2.80. The van der Waals surface area contributed by atoms with E-state index in [1.54, 1.807) is 13.0 Å². The van der Waals surface area contributed by atoms with Crippen LogP contribution in [0.25, 0.3) is 0 Å². The van der Waals surface area contributed by atoms with Crippen molar-refractivity contribution in [2.24, 2.45) is 5.10 Å². The third kappa shape index (κ3) is 1.26. The number of ketones is 1. The van der Waals surface area contributed by atoms with Gasteiger partial charge in [0.2, 0.25) is 0 Å². The number of hydrogen-bond acceptors (Lipinski definition) is 4. The lowest BCUT2D eigenvalue weighted by Gasteiger charge is -2.04. The van der Waals surface area contributed by atoms with Crippen molar-refractivity contribution < 1.29 is 9.59 Å². The molecule has 1 amide bonds. The van der Waals surface area contributed by atoms with Gasteiger partial charge in [0, 0.05) is 6.54 Å². The van der Waals surface area contributed by atoms with Gasteiger partial charge in [-0.3, -0.25) is 9.59 Å². The summed E-state index contributed by atoms with van der Waals surface area (Å²) in [6, 6.07) is 3.61. The van der Waals surface area contributed by atoms with Crippen molar-refractivity contribution in [2.45, 2.75) is 6.92 Å². The lowest BCUT2D eigenvalue weighted by atomic mass is 10.2. The van der Waals surface area contributed by atoms with E-state index >= 15 is 0 Å². The second-order valence-electron chi connectivity index (χ2n) is 2.78. The van der Waals surface area contributed by atoms with Crippen LogP contribution in [-0.4, -0.2) is 29.0 Å². The number of thiophene rings is 1. The molecule has 0 N–H and O–H groups in total. The summed E-state index contributed by atoms with van der Waals surface area (Å²) < 4.78 is 0. The fourth-order valence-corrected chi connectivity index (χ4v) is 1.92. The highest BCUT2D eigenvalue weighted by molar-refractivity contribution is 7.13. The van der Waals surface area contributed by atoms with Crippen LogP contribution in [0.15, 0.2) is 22.6 Å². The summed E-state index contributed by atoms with van der Waals surface area (Å²) in [6.45, 7) is 2.21. The normalized spacial score (nSPS) is 16.4. The van der Waals surface area contributed by atoms with Gasteiger partial charge in [-0.25, -0.2) is 5.01 Å². The molecule has 0 unspecified atom stereocenters. The number of hydrazone groups is 1. The van der Waals surface area contributed by atoms with Crippen LogP contribution in [0, 0.1) is 0 Å². The number of nitrogens with zero attached hydrogens (tertiary/aromatic N) is 2. The predicted molar refractivity (Wildman–Crippen MR) is 53.3 cm³/mol. The van der Waals surface area contributed by atoms with Crippen LogP contribution in [0.4, 0.5) is 0 Å². The molecule has 0 fully saturated rings. The van der Waals surface area contributed by atoms with E-state index in [4.69, 9.17) is 0 Å². The zero-order valence-corrected chi connectivity index (χ0v) is 8.37. The average Bonchev–Trinajstić information content (AvgIpc) is 2.78. The molecular weight excluding hydrogens is 200 g/mol. The van der Waals surface area contributed by atoms with Gasteiger partial charge in [-0.2, -0.15) is 5.10 Å². The quantitative estimate of drug-likeness (QED) is 0.677. The van der Waals surface area contributed by atoms with Gasteiger partial charge >= 0.3 is 5.91 Å². The molecule has 1 aromatic heterocycles. The van der Waals surface area contributed by atoms with E-state index in [1.165, 1.54) is 16.3 Å². The lowest BCUT2D eigenvalue weighted by Crippen LogP contribution is -2.27. The van der Waals surface area contributed by atoms with Crippen molar-refractivity contribution >= 4 is 28.7 Å². The SMILES string of the molecule is CCN1N=C(c2cccs2)C(=O)C1=O. The first-order valence-corrected chi connectivity index (χ1v) is 5.10. The highest BCUT2D eigenvalue weighted by atomic mass is 32.1. The molecule has 14 heavy (non-hydrogen) atoms. The number of carbonyl (C=O) groups is 2. The smallest absolute Gasteiger partial charge is 0.281 e.